The lowest BCUT2D eigenvalue weighted by molar-refractivity contribution is -0.136. The number of carboxylic acids is 1. The molecule has 1 fully saturated rings. The van der Waals surface area contributed by atoms with Gasteiger partial charge in [0.25, 0.3) is 0 Å². The van der Waals surface area contributed by atoms with E-state index in [-0.39, 0.29) is 18.2 Å². The summed E-state index contributed by atoms with van der Waals surface area (Å²) in [5.74, 6) is -0.0936. The third-order valence-electron chi connectivity index (χ3n) is 5.80. The lowest BCUT2D eigenvalue weighted by atomic mass is 9.78. The van der Waals surface area contributed by atoms with Gasteiger partial charge in [0.15, 0.2) is 9.84 Å². The molecular formula is C22H25N3O5S. The fourth-order valence-corrected chi connectivity index (χ4v) is 4.84. The second-order valence-electron chi connectivity index (χ2n) is 8.06. The molecule has 1 aromatic carbocycles. The van der Waals surface area contributed by atoms with E-state index in [1.54, 1.807) is 18.3 Å². The normalized spacial score (nSPS) is 16.4. The molecule has 0 radical (unpaired) electrons. The summed E-state index contributed by atoms with van der Waals surface area (Å²) in [4.78, 5) is 23.0. The van der Waals surface area contributed by atoms with Crippen molar-refractivity contribution in [2.24, 2.45) is 5.92 Å². The van der Waals surface area contributed by atoms with E-state index in [1.165, 1.54) is 6.26 Å². The smallest absolute Gasteiger partial charge is 0.311 e. The molecule has 0 bridgehead atoms. The molecule has 1 unspecified atom stereocenters. The van der Waals surface area contributed by atoms with Gasteiger partial charge in [-0.2, -0.15) is 0 Å². The second-order valence-corrected chi connectivity index (χ2v) is 10.1. The first-order chi connectivity index (χ1) is 14.8. The highest BCUT2D eigenvalue weighted by Gasteiger charge is 2.27. The molecule has 2 aromatic heterocycles. The number of aromatic amines is 1. The highest BCUT2D eigenvalue weighted by Crippen LogP contribution is 2.35. The van der Waals surface area contributed by atoms with Crippen LogP contribution in [0.2, 0.25) is 0 Å². The van der Waals surface area contributed by atoms with Crippen LogP contribution in [0.1, 0.15) is 35.8 Å². The maximum atomic E-state index is 11.8. The minimum absolute atomic E-state index is 0.192. The number of carbonyl (C=O) groups is 1. The summed E-state index contributed by atoms with van der Waals surface area (Å²) in [5.41, 5.74) is 2.70. The summed E-state index contributed by atoms with van der Waals surface area (Å²) in [7, 11) is -3.24. The van der Waals surface area contributed by atoms with E-state index >= 15 is 0 Å². The lowest BCUT2D eigenvalue weighted by Crippen LogP contribution is -2.23. The quantitative estimate of drug-likeness (QED) is 0.576. The van der Waals surface area contributed by atoms with Gasteiger partial charge in [0, 0.05) is 36.7 Å². The van der Waals surface area contributed by atoms with E-state index in [0.717, 1.165) is 49.1 Å². The number of nitrogens with one attached hydrogen (secondary N) is 1. The summed E-state index contributed by atoms with van der Waals surface area (Å²) in [6.07, 6.45) is 5.25. The maximum absolute atomic E-state index is 11.8. The molecule has 1 saturated heterocycles. The zero-order valence-electron chi connectivity index (χ0n) is 17.2. The van der Waals surface area contributed by atoms with E-state index < -0.39 is 15.8 Å². The highest BCUT2D eigenvalue weighted by molar-refractivity contribution is 7.90. The average molecular weight is 444 g/mol. The maximum Gasteiger partial charge on any atom is 0.311 e. The van der Waals surface area contributed by atoms with Gasteiger partial charge in [-0.25, -0.2) is 18.4 Å². The third-order valence-corrected chi connectivity index (χ3v) is 6.92. The van der Waals surface area contributed by atoms with Crippen LogP contribution in [-0.4, -0.2) is 53.9 Å². The molecule has 9 heteroatoms. The number of hydrogen-bond acceptors (Lipinski definition) is 6. The molecule has 31 heavy (non-hydrogen) atoms. The molecule has 0 aliphatic carbocycles. The van der Waals surface area contributed by atoms with Crippen LogP contribution in [0.4, 0.5) is 0 Å². The molecule has 1 aliphatic rings. The zero-order valence-corrected chi connectivity index (χ0v) is 18.1. The van der Waals surface area contributed by atoms with Crippen molar-refractivity contribution in [3.63, 3.8) is 0 Å². The minimum Gasteiger partial charge on any atom is -0.481 e. The van der Waals surface area contributed by atoms with Crippen molar-refractivity contribution in [3.05, 3.63) is 53.6 Å². The molecule has 3 heterocycles. The number of aromatic nitrogens is 3. The van der Waals surface area contributed by atoms with Crippen LogP contribution in [0.25, 0.3) is 11.0 Å². The number of carboxylic acid groups (broad SMARTS) is 1. The number of hydrogen-bond donors (Lipinski definition) is 2. The van der Waals surface area contributed by atoms with E-state index in [0.29, 0.717) is 16.5 Å². The van der Waals surface area contributed by atoms with Crippen LogP contribution in [0.3, 0.4) is 0 Å². The van der Waals surface area contributed by atoms with E-state index in [1.807, 2.05) is 18.2 Å². The molecule has 3 aromatic rings. The van der Waals surface area contributed by atoms with Gasteiger partial charge in [-0.15, -0.1) is 0 Å². The van der Waals surface area contributed by atoms with Crippen LogP contribution in [-0.2, 0) is 32.2 Å². The van der Waals surface area contributed by atoms with Crippen LogP contribution < -0.4 is 0 Å². The Balaban J connectivity index is 1.63. The minimum atomic E-state index is -3.24. The highest BCUT2D eigenvalue weighted by atomic mass is 32.2. The predicted molar refractivity (Wildman–Crippen MR) is 115 cm³/mol. The van der Waals surface area contributed by atoms with Gasteiger partial charge in [-0.05, 0) is 54.9 Å². The van der Waals surface area contributed by atoms with Crippen molar-refractivity contribution in [2.75, 3.05) is 19.5 Å². The average Bonchev–Trinajstić information content (AvgIpc) is 3.13. The van der Waals surface area contributed by atoms with Crippen LogP contribution in [0, 0.1) is 5.92 Å². The van der Waals surface area contributed by atoms with Gasteiger partial charge in [-0.1, -0.05) is 12.1 Å². The SMILES string of the molecule is CS(=O)(=O)c1ccc(C(Cc2cc3cnc(CC(=O)O)nc3[nH]2)C2CCOCC2)cc1. The Morgan fingerprint density at radius 2 is 1.97 bits per heavy atom. The summed E-state index contributed by atoms with van der Waals surface area (Å²) >= 11 is 0. The van der Waals surface area contributed by atoms with Crippen molar-refractivity contribution in [1.29, 1.82) is 0 Å². The fourth-order valence-electron chi connectivity index (χ4n) is 4.21. The summed E-state index contributed by atoms with van der Waals surface area (Å²) < 4.78 is 29.2. The molecule has 0 saturated carbocycles. The number of sulfone groups is 1. The summed E-state index contributed by atoms with van der Waals surface area (Å²) in [6, 6.07) is 9.16. The van der Waals surface area contributed by atoms with Crippen molar-refractivity contribution in [3.8, 4) is 0 Å². The van der Waals surface area contributed by atoms with Crippen LogP contribution >= 0.6 is 0 Å². The summed E-state index contributed by atoms with van der Waals surface area (Å²) in [5, 5.41) is 9.80. The Kier molecular flexibility index (Phi) is 6.06. The van der Waals surface area contributed by atoms with Crippen LogP contribution in [0.15, 0.2) is 41.4 Å². The number of ether oxygens (including phenoxy) is 1. The van der Waals surface area contributed by atoms with Crippen LogP contribution in [0.5, 0.6) is 0 Å². The predicted octanol–water partition coefficient (Wildman–Crippen LogP) is 2.74. The van der Waals surface area contributed by atoms with E-state index in [4.69, 9.17) is 9.84 Å². The number of fused-ring (bicyclic) bond motifs is 1. The van der Waals surface area contributed by atoms with E-state index in [9.17, 15) is 13.2 Å². The lowest BCUT2D eigenvalue weighted by Gasteiger charge is -2.30. The third kappa shape index (κ3) is 5.11. The Morgan fingerprint density at radius 1 is 1.26 bits per heavy atom. The first-order valence-corrected chi connectivity index (χ1v) is 12.1. The number of aliphatic carboxylic acids is 1. The standard InChI is InChI=1S/C22H25N3O5S/c1-31(28,29)18-4-2-14(3-5-18)19(15-6-8-30-9-7-15)11-17-10-16-13-23-20(12-21(26)27)25-22(16)24-17/h2-5,10,13,15,19H,6-9,11-12H2,1H3,(H,26,27)(H,23,24,25). The molecular weight excluding hydrogens is 418 g/mol. The topological polar surface area (TPSA) is 122 Å². The molecule has 4 rings (SSSR count). The molecule has 164 valence electrons. The van der Waals surface area contributed by atoms with Gasteiger partial charge in [0.05, 0.1) is 4.90 Å². The molecule has 1 atom stereocenters. The Morgan fingerprint density at radius 3 is 2.61 bits per heavy atom. The molecule has 2 N–H and O–H groups in total. The Bertz CT molecular complexity index is 1180. The molecule has 1 aliphatic heterocycles. The number of nitrogens with zero attached hydrogens (tertiary/aromatic N) is 2. The monoisotopic (exact) mass is 443 g/mol. The Labute approximate surface area is 180 Å². The first-order valence-electron chi connectivity index (χ1n) is 10.2. The Hall–Kier alpha value is -2.78. The largest absolute Gasteiger partial charge is 0.481 e. The van der Waals surface area contributed by atoms with Gasteiger partial charge >= 0.3 is 5.97 Å². The van der Waals surface area contributed by atoms with Crippen molar-refractivity contribution >= 4 is 26.8 Å². The molecule has 0 amide bonds. The summed E-state index contributed by atoms with van der Waals surface area (Å²) in [6.45, 7) is 1.44. The first kappa shape index (κ1) is 21.5. The van der Waals surface area contributed by atoms with Gasteiger partial charge in [0.1, 0.15) is 17.9 Å². The second kappa shape index (κ2) is 8.76. The van der Waals surface area contributed by atoms with Gasteiger partial charge in [-0.3, -0.25) is 4.79 Å². The number of H-pyrrole nitrogens is 1. The van der Waals surface area contributed by atoms with E-state index in [2.05, 4.69) is 15.0 Å². The molecule has 8 nitrogen and oxygen atoms in total. The number of benzene rings is 1. The molecule has 0 spiro atoms. The van der Waals surface area contributed by atoms with Crippen molar-refractivity contribution in [2.45, 2.75) is 36.5 Å². The van der Waals surface area contributed by atoms with Gasteiger partial charge < -0.3 is 14.8 Å². The fraction of sp³-hybridized carbons (Fsp3) is 0.409. The number of rotatable bonds is 7. The van der Waals surface area contributed by atoms with Crippen molar-refractivity contribution in [1.82, 2.24) is 15.0 Å². The van der Waals surface area contributed by atoms with Crippen molar-refractivity contribution < 1.29 is 23.1 Å². The van der Waals surface area contributed by atoms with Gasteiger partial charge in [0.2, 0.25) is 0 Å². The zero-order chi connectivity index (χ0) is 22.0.